The molecule has 168 valence electrons. The molecule has 2 N–H and O–H groups in total. The molecule has 0 amide bonds. The van der Waals surface area contributed by atoms with Crippen LogP contribution in [0.1, 0.15) is 11.1 Å². The molecule has 0 saturated carbocycles. The van der Waals surface area contributed by atoms with Crippen LogP contribution in [-0.4, -0.2) is 30.1 Å². The lowest BCUT2D eigenvalue weighted by Gasteiger charge is -2.13. The van der Waals surface area contributed by atoms with Crippen molar-refractivity contribution < 1.29 is 14.4 Å². The van der Waals surface area contributed by atoms with Crippen LogP contribution in [0.3, 0.4) is 0 Å². The molecular formula is C22H22Cl2N4O4. The highest BCUT2D eigenvalue weighted by molar-refractivity contribution is 6.33. The number of hydrogen-bond acceptors (Lipinski definition) is 7. The van der Waals surface area contributed by atoms with Crippen LogP contribution in [0.25, 0.3) is 0 Å². The van der Waals surface area contributed by atoms with E-state index in [1.54, 1.807) is 25.4 Å². The summed E-state index contributed by atoms with van der Waals surface area (Å²) < 4.78 is 11.3. The van der Waals surface area contributed by atoms with Gasteiger partial charge in [0.15, 0.2) is 11.5 Å². The number of halogens is 2. The highest BCUT2D eigenvalue weighted by atomic mass is 35.5. The number of non-ortho nitro benzene ring substituents is 1. The van der Waals surface area contributed by atoms with Gasteiger partial charge in [-0.3, -0.25) is 10.1 Å². The minimum Gasteiger partial charge on any atom is -0.493 e. The molecule has 0 unspecified atom stereocenters. The smallest absolute Gasteiger partial charge is 0.271 e. The van der Waals surface area contributed by atoms with Crippen molar-refractivity contribution in [2.45, 2.75) is 13.2 Å². The Morgan fingerprint density at radius 2 is 1.84 bits per heavy atom. The normalized spacial score (nSPS) is 10.6. The Morgan fingerprint density at radius 1 is 1.03 bits per heavy atom. The molecule has 0 fully saturated rings. The first-order chi connectivity index (χ1) is 15.5. The van der Waals surface area contributed by atoms with Crippen molar-refractivity contribution in [2.24, 2.45) is 0 Å². The molecule has 0 aliphatic rings. The second kappa shape index (κ2) is 11.5. The molecule has 0 aliphatic carbocycles. The van der Waals surface area contributed by atoms with Crippen molar-refractivity contribution in [1.82, 2.24) is 10.3 Å². The first-order valence-electron chi connectivity index (χ1n) is 9.75. The van der Waals surface area contributed by atoms with Gasteiger partial charge in [0.05, 0.1) is 22.7 Å². The molecule has 0 spiro atoms. The van der Waals surface area contributed by atoms with Crippen molar-refractivity contribution in [3.8, 4) is 11.5 Å². The third kappa shape index (κ3) is 6.71. The zero-order valence-corrected chi connectivity index (χ0v) is 18.8. The molecule has 3 rings (SSSR count). The summed E-state index contributed by atoms with van der Waals surface area (Å²) in [6.07, 6.45) is 1.67. The van der Waals surface area contributed by atoms with Crippen molar-refractivity contribution in [2.75, 3.05) is 25.5 Å². The highest BCUT2D eigenvalue weighted by Gasteiger charge is 2.09. The van der Waals surface area contributed by atoms with Crippen molar-refractivity contribution in [3.05, 3.63) is 86.1 Å². The van der Waals surface area contributed by atoms with Gasteiger partial charge in [-0.25, -0.2) is 4.98 Å². The van der Waals surface area contributed by atoms with Crippen LogP contribution < -0.4 is 20.1 Å². The van der Waals surface area contributed by atoms with Gasteiger partial charge in [0.2, 0.25) is 0 Å². The number of hydrogen-bond donors (Lipinski definition) is 2. The number of pyridine rings is 1. The molecule has 0 saturated heterocycles. The number of nitro benzene ring substituents is 1. The fourth-order valence-electron chi connectivity index (χ4n) is 2.87. The van der Waals surface area contributed by atoms with Crippen LogP contribution in [0, 0.1) is 10.1 Å². The molecule has 10 heteroatoms. The lowest BCUT2D eigenvalue weighted by molar-refractivity contribution is -0.384. The van der Waals surface area contributed by atoms with E-state index in [0.29, 0.717) is 53.6 Å². The van der Waals surface area contributed by atoms with E-state index in [2.05, 4.69) is 15.6 Å². The van der Waals surface area contributed by atoms with E-state index < -0.39 is 4.92 Å². The largest absolute Gasteiger partial charge is 0.493 e. The van der Waals surface area contributed by atoms with E-state index in [-0.39, 0.29) is 5.69 Å². The van der Waals surface area contributed by atoms with Gasteiger partial charge in [-0.05, 0) is 29.8 Å². The minimum absolute atomic E-state index is 0.0371. The number of rotatable bonds is 11. The van der Waals surface area contributed by atoms with Gasteiger partial charge in [-0.15, -0.1) is 0 Å². The number of nitrogens with one attached hydrogen (secondary N) is 2. The zero-order valence-electron chi connectivity index (χ0n) is 17.3. The average molecular weight is 477 g/mol. The van der Waals surface area contributed by atoms with E-state index in [1.165, 1.54) is 12.1 Å². The number of anilines is 1. The monoisotopic (exact) mass is 476 g/mol. The Labute approximate surface area is 195 Å². The van der Waals surface area contributed by atoms with Crippen molar-refractivity contribution in [3.63, 3.8) is 0 Å². The number of nitro groups is 1. The standard InChI is InChI=1S/C22H22Cl2N4O4/c1-31-21-10-15(2-6-20(21)32-14-16-3-7-22(24)27-13-16)12-25-8-9-26-19-5-4-17(28(29)30)11-18(19)23/h2-7,10-11,13,25-26H,8-9,12,14H2,1H3. The summed E-state index contributed by atoms with van der Waals surface area (Å²) in [6.45, 7) is 2.25. The fourth-order valence-corrected chi connectivity index (χ4v) is 3.23. The van der Waals surface area contributed by atoms with E-state index in [1.807, 2.05) is 24.3 Å². The van der Waals surface area contributed by atoms with Crippen LogP contribution in [0.5, 0.6) is 11.5 Å². The first-order valence-corrected chi connectivity index (χ1v) is 10.5. The third-order valence-corrected chi connectivity index (χ3v) is 5.06. The second-order valence-electron chi connectivity index (χ2n) is 6.79. The molecule has 3 aromatic rings. The van der Waals surface area contributed by atoms with Crippen LogP contribution in [0.2, 0.25) is 10.2 Å². The van der Waals surface area contributed by atoms with E-state index >= 15 is 0 Å². The number of aromatic nitrogens is 1. The van der Waals surface area contributed by atoms with Crippen LogP contribution in [0.15, 0.2) is 54.7 Å². The van der Waals surface area contributed by atoms with Gasteiger partial charge in [0.25, 0.3) is 5.69 Å². The van der Waals surface area contributed by atoms with Gasteiger partial charge in [-0.2, -0.15) is 0 Å². The van der Waals surface area contributed by atoms with Gasteiger partial charge >= 0.3 is 0 Å². The molecular weight excluding hydrogens is 455 g/mol. The summed E-state index contributed by atoms with van der Waals surface area (Å²) in [7, 11) is 1.60. The van der Waals surface area contributed by atoms with Crippen LogP contribution >= 0.6 is 23.2 Å². The Bertz CT molecular complexity index is 1060. The average Bonchev–Trinajstić information content (AvgIpc) is 2.79. The van der Waals surface area contributed by atoms with Crippen LogP contribution in [0.4, 0.5) is 11.4 Å². The van der Waals surface area contributed by atoms with E-state index in [4.69, 9.17) is 32.7 Å². The number of benzene rings is 2. The summed E-state index contributed by atoms with van der Waals surface area (Å²) in [6, 6.07) is 13.7. The quantitative estimate of drug-likeness (QED) is 0.172. The number of ether oxygens (including phenoxy) is 2. The lowest BCUT2D eigenvalue weighted by Crippen LogP contribution is -2.21. The second-order valence-corrected chi connectivity index (χ2v) is 7.58. The van der Waals surface area contributed by atoms with E-state index in [9.17, 15) is 10.1 Å². The molecule has 8 nitrogen and oxygen atoms in total. The summed E-state index contributed by atoms with van der Waals surface area (Å²) in [5.74, 6) is 1.28. The molecule has 1 heterocycles. The SMILES string of the molecule is COc1cc(CNCCNc2ccc([N+](=O)[O-])cc2Cl)ccc1OCc1ccc(Cl)nc1. The Hall–Kier alpha value is -3.07. The molecule has 32 heavy (non-hydrogen) atoms. The third-order valence-electron chi connectivity index (χ3n) is 4.52. The zero-order chi connectivity index (χ0) is 22.9. The maximum Gasteiger partial charge on any atom is 0.271 e. The first kappa shape index (κ1) is 23.6. The summed E-state index contributed by atoms with van der Waals surface area (Å²) in [5, 5.41) is 18.0. The Kier molecular flexibility index (Phi) is 8.49. The van der Waals surface area contributed by atoms with E-state index in [0.717, 1.165) is 11.1 Å². The Balaban J connectivity index is 1.46. The molecule has 0 radical (unpaired) electrons. The molecule has 1 aromatic heterocycles. The Morgan fingerprint density at radius 3 is 2.53 bits per heavy atom. The molecule has 2 aromatic carbocycles. The summed E-state index contributed by atoms with van der Waals surface area (Å²) in [5.41, 5.74) is 2.56. The maximum absolute atomic E-state index is 10.8. The molecule has 0 aliphatic heterocycles. The predicted octanol–water partition coefficient (Wildman–Crippen LogP) is 5.09. The topological polar surface area (TPSA) is 98.5 Å². The lowest BCUT2D eigenvalue weighted by atomic mass is 10.2. The van der Waals surface area contributed by atoms with Crippen molar-refractivity contribution in [1.29, 1.82) is 0 Å². The predicted molar refractivity (Wildman–Crippen MR) is 125 cm³/mol. The number of methoxy groups -OCH3 is 1. The van der Waals surface area contributed by atoms with Gasteiger partial charge in [-0.1, -0.05) is 35.3 Å². The van der Waals surface area contributed by atoms with Gasteiger partial charge in [0, 0.05) is 43.5 Å². The maximum atomic E-state index is 10.8. The van der Waals surface area contributed by atoms with Crippen LogP contribution in [-0.2, 0) is 13.2 Å². The molecule has 0 bridgehead atoms. The van der Waals surface area contributed by atoms with Gasteiger partial charge in [0.1, 0.15) is 11.8 Å². The molecule has 0 atom stereocenters. The summed E-state index contributed by atoms with van der Waals surface area (Å²) in [4.78, 5) is 14.3. The number of nitrogens with zero attached hydrogens (tertiary/aromatic N) is 2. The minimum atomic E-state index is -0.475. The fraction of sp³-hybridized carbons (Fsp3) is 0.227. The van der Waals surface area contributed by atoms with Gasteiger partial charge < -0.3 is 20.1 Å². The van der Waals surface area contributed by atoms with Crippen molar-refractivity contribution >= 4 is 34.6 Å². The summed E-state index contributed by atoms with van der Waals surface area (Å²) >= 11 is 11.9. The highest BCUT2D eigenvalue weighted by Crippen LogP contribution is 2.29.